The summed E-state index contributed by atoms with van der Waals surface area (Å²) < 4.78 is 0. The Morgan fingerprint density at radius 1 is 1.14 bits per heavy atom. The number of nitrogens with zero attached hydrogens (tertiary/aromatic N) is 7. The van der Waals surface area contributed by atoms with Crippen molar-refractivity contribution in [2.45, 2.75) is 59.0 Å². The van der Waals surface area contributed by atoms with E-state index in [1.807, 2.05) is 26.8 Å². The summed E-state index contributed by atoms with van der Waals surface area (Å²) in [4.78, 5) is 61.6. The van der Waals surface area contributed by atoms with Crippen LogP contribution < -0.4 is 20.4 Å². The zero-order valence-electron chi connectivity index (χ0n) is 25.2. The lowest BCUT2D eigenvalue weighted by Gasteiger charge is -2.32. The van der Waals surface area contributed by atoms with Crippen LogP contribution in [0.4, 0.5) is 22.2 Å². The second-order valence-corrected chi connectivity index (χ2v) is 10.9. The summed E-state index contributed by atoms with van der Waals surface area (Å²) in [7, 11) is 3.39. The van der Waals surface area contributed by atoms with Crippen molar-refractivity contribution in [3.05, 3.63) is 65.3 Å². The number of hydrogen-bond donors (Lipinski definition) is 2. The predicted octanol–water partition coefficient (Wildman–Crippen LogP) is 4.25. The Labute approximate surface area is 251 Å². The van der Waals surface area contributed by atoms with Gasteiger partial charge in [0.15, 0.2) is 0 Å². The maximum absolute atomic E-state index is 13.0. The Morgan fingerprint density at radius 3 is 2.70 bits per heavy atom. The third-order valence-electron chi connectivity index (χ3n) is 7.71. The first kappa shape index (κ1) is 29.6. The number of nitrogens with one attached hydrogen (secondary N) is 2. The number of urea groups is 1. The van der Waals surface area contributed by atoms with E-state index in [1.54, 1.807) is 60.7 Å². The number of amides is 4. The minimum atomic E-state index is -0.419. The largest absolute Gasteiger partial charge is 0.349 e. The van der Waals surface area contributed by atoms with Gasteiger partial charge < -0.3 is 15.5 Å². The van der Waals surface area contributed by atoms with Crippen LogP contribution in [-0.2, 0) is 11.3 Å². The third kappa shape index (κ3) is 6.32. The molecule has 12 nitrogen and oxygen atoms in total. The first-order valence-electron chi connectivity index (χ1n) is 14.5. The van der Waals surface area contributed by atoms with Gasteiger partial charge in [-0.25, -0.2) is 9.78 Å². The standard InChI is InChI=1S/C31H37N9O3/c1-6-8-25-29(42)38(4)26-15-21(10-12-24(26)20(3)35-25)28(41)32-13-7-14-40-18-22-16-34-30(37-27(22)39(5)31(40)43)36-23-11-9-19(2)33-17-23/h7,10,12,14-17,25H,6,8-9,11,13,18H2,1-5H3,(H,32,41)(H,34,36,37)/b14-7+/t25-/m0/s1. The average Bonchev–Trinajstić information content (AvgIpc) is 3.09. The van der Waals surface area contributed by atoms with Gasteiger partial charge in [-0.2, -0.15) is 4.98 Å². The highest BCUT2D eigenvalue weighted by molar-refractivity contribution is 6.12. The number of allylic oxidation sites excluding steroid dienone is 1. The second-order valence-electron chi connectivity index (χ2n) is 10.9. The summed E-state index contributed by atoms with van der Waals surface area (Å²) in [5.41, 5.74) is 5.52. The predicted molar refractivity (Wildman–Crippen MR) is 168 cm³/mol. The molecule has 0 spiro atoms. The highest BCUT2D eigenvalue weighted by atomic mass is 16.2. The maximum Gasteiger partial charge on any atom is 0.329 e. The smallest absolute Gasteiger partial charge is 0.329 e. The first-order chi connectivity index (χ1) is 20.7. The van der Waals surface area contributed by atoms with Crippen LogP contribution in [-0.4, -0.2) is 70.8 Å². The Bertz CT molecular complexity index is 1580. The molecule has 1 aromatic carbocycles. The van der Waals surface area contributed by atoms with Crippen LogP contribution >= 0.6 is 0 Å². The lowest BCUT2D eigenvalue weighted by atomic mass is 10.0. The van der Waals surface area contributed by atoms with Crippen molar-refractivity contribution in [3.63, 3.8) is 0 Å². The number of hydrogen-bond acceptors (Lipinski definition) is 8. The molecule has 224 valence electrons. The van der Waals surface area contributed by atoms with Gasteiger partial charge in [0, 0.05) is 73.0 Å². The van der Waals surface area contributed by atoms with Crippen molar-refractivity contribution in [3.8, 4) is 0 Å². The van der Waals surface area contributed by atoms with Crippen LogP contribution in [0.1, 0.15) is 67.9 Å². The van der Waals surface area contributed by atoms with E-state index in [0.717, 1.165) is 47.5 Å². The zero-order valence-corrected chi connectivity index (χ0v) is 25.2. The van der Waals surface area contributed by atoms with E-state index in [0.29, 0.717) is 36.0 Å². The lowest BCUT2D eigenvalue weighted by molar-refractivity contribution is -0.119. The van der Waals surface area contributed by atoms with Crippen molar-refractivity contribution >= 4 is 46.7 Å². The van der Waals surface area contributed by atoms with Gasteiger partial charge in [0.1, 0.15) is 11.9 Å². The van der Waals surface area contributed by atoms with E-state index in [9.17, 15) is 14.4 Å². The Kier molecular flexibility index (Phi) is 8.65. The number of anilines is 3. The molecule has 3 aliphatic heterocycles. The van der Waals surface area contributed by atoms with Gasteiger partial charge in [0.05, 0.1) is 12.2 Å². The highest BCUT2D eigenvalue weighted by Gasteiger charge is 2.29. The minimum Gasteiger partial charge on any atom is -0.349 e. The number of benzodiazepines with no additional fused rings is 1. The molecule has 0 radical (unpaired) electrons. The number of likely N-dealkylation sites (N-methyl/N-ethyl adjacent to an activating group) is 1. The normalized spacial score (nSPS) is 18.5. The van der Waals surface area contributed by atoms with E-state index >= 15 is 0 Å². The number of carbonyl (C=O) groups excluding carboxylic acids is 3. The molecule has 0 bridgehead atoms. The molecule has 3 aliphatic rings. The summed E-state index contributed by atoms with van der Waals surface area (Å²) in [6.07, 6.45) is 10.1. The highest BCUT2D eigenvalue weighted by Crippen LogP contribution is 2.29. The topological polar surface area (TPSA) is 135 Å². The van der Waals surface area contributed by atoms with Crippen LogP contribution in [0.25, 0.3) is 0 Å². The quantitative estimate of drug-likeness (QED) is 0.477. The van der Waals surface area contributed by atoms with Crippen molar-refractivity contribution in [2.24, 2.45) is 9.98 Å². The molecular weight excluding hydrogens is 546 g/mol. The Hall–Kier alpha value is -4.87. The summed E-state index contributed by atoms with van der Waals surface area (Å²) in [5.74, 6) is 0.599. The van der Waals surface area contributed by atoms with Crippen LogP contribution in [0.5, 0.6) is 0 Å². The molecule has 0 aliphatic carbocycles. The number of aromatic nitrogens is 2. The van der Waals surface area contributed by atoms with Gasteiger partial charge in [0.25, 0.3) is 11.8 Å². The molecule has 0 unspecified atom stereocenters. The zero-order chi connectivity index (χ0) is 30.7. The number of benzene rings is 1. The van der Waals surface area contributed by atoms with E-state index in [2.05, 4.69) is 30.6 Å². The van der Waals surface area contributed by atoms with Crippen molar-refractivity contribution < 1.29 is 14.4 Å². The fourth-order valence-corrected chi connectivity index (χ4v) is 5.23. The van der Waals surface area contributed by atoms with E-state index < -0.39 is 6.04 Å². The number of rotatable bonds is 8. The molecular formula is C31H37N9O3. The van der Waals surface area contributed by atoms with E-state index in [-0.39, 0.29) is 24.4 Å². The molecule has 4 heterocycles. The summed E-state index contributed by atoms with van der Waals surface area (Å²) in [6, 6.07) is 4.63. The van der Waals surface area contributed by atoms with Crippen molar-refractivity contribution in [1.82, 2.24) is 20.2 Å². The summed E-state index contributed by atoms with van der Waals surface area (Å²) in [6.45, 7) is 6.43. The van der Waals surface area contributed by atoms with Gasteiger partial charge in [-0.15, -0.1) is 0 Å². The SMILES string of the molecule is CCC[C@@H]1N=C(C)c2ccc(C(=O)NC/C=C/N3Cc4cnc(NC5=CN=C(C)CC5)nc4N(C)C3=O)cc2N(C)C1=O. The molecule has 2 N–H and O–H groups in total. The Morgan fingerprint density at radius 2 is 1.95 bits per heavy atom. The molecule has 5 rings (SSSR count). The third-order valence-corrected chi connectivity index (χ3v) is 7.71. The first-order valence-corrected chi connectivity index (χ1v) is 14.5. The molecule has 1 aromatic heterocycles. The molecule has 4 amide bonds. The molecule has 43 heavy (non-hydrogen) atoms. The molecule has 0 fully saturated rings. The Balaban J connectivity index is 1.21. The number of aliphatic imine (C=N–C) groups is 2. The molecule has 1 atom stereocenters. The summed E-state index contributed by atoms with van der Waals surface area (Å²) in [5, 5.41) is 6.06. The van der Waals surface area contributed by atoms with Crippen LogP contribution in [0.3, 0.4) is 0 Å². The van der Waals surface area contributed by atoms with E-state index in [1.165, 1.54) is 4.90 Å². The van der Waals surface area contributed by atoms with Gasteiger partial charge in [-0.05, 0) is 51.3 Å². The van der Waals surface area contributed by atoms with Crippen molar-refractivity contribution in [2.75, 3.05) is 35.8 Å². The van der Waals surface area contributed by atoms with E-state index in [4.69, 9.17) is 0 Å². The van der Waals surface area contributed by atoms with Gasteiger partial charge in [-0.3, -0.25) is 29.4 Å². The number of fused-ring (bicyclic) bond motifs is 2. The molecule has 2 aromatic rings. The van der Waals surface area contributed by atoms with Gasteiger partial charge in [-0.1, -0.05) is 19.4 Å². The maximum atomic E-state index is 13.0. The summed E-state index contributed by atoms with van der Waals surface area (Å²) >= 11 is 0. The minimum absolute atomic E-state index is 0.0810. The molecule has 12 heteroatoms. The monoisotopic (exact) mass is 583 g/mol. The van der Waals surface area contributed by atoms with Gasteiger partial charge in [0.2, 0.25) is 5.95 Å². The van der Waals surface area contributed by atoms with Crippen LogP contribution in [0.15, 0.2) is 58.6 Å². The number of carbonyl (C=O) groups is 3. The fourth-order valence-electron chi connectivity index (χ4n) is 5.23. The second kappa shape index (κ2) is 12.6. The average molecular weight is 584 g/mol. The molecule has 0 saturated carbocycles. The van der Waals surface area contributed by atoms with Crippen LogP contribution in [0.2, 0.25) is 0 Å². The lowest BCUT2D eigenvalue weighted by Crippen LogP contribution is -2.43. The van der Waals surface area contributed by atoms with Gasteiger partial charge >= 0.3 is 6.03 Å². The van der Waals surface area contributed by atoms with Crippen LogP contribution in [0, 0.1) is 0 Å². The fraction of sp³-hybridized carbons (Fsp3) is 0.387. The molecule has 0 saturated heterocycles. The van der Waals surface area contributed by atoms with Crippen molar-refractivity contribution in [1.29, 1.82) is 0 Å².